The van der Waals surface area contributed by atoms with Crippen LogP contribution in [0.2, 0.25) is 0 Å². The normalized spacial score (nSPS) is 48.7. The second-order valence-corrected chi connectivity index (χ2v) is 6.10. The molecule has 2 heterocycles. The molecule has 0 aromatic carbocycles. The Morgan fingerprint density at radius 2 is 2.26 bits per heavy atom. The molecule has 2 aliphatic heterocycles. The number of rotatable bonds is 0. The van der Waals surface area contributed by atoms with Crippen molar-refractivity contribution < 1.29 is 19.4 Å². The molecule has 4 heteroatoms. The summed E-state index contributed by atoms with van der Waals surface area (Å²) in [6.45, 7) is 7.80. The molecule has 1 N–H and O–H groups in total. The summed E-state index contributed by atoms with van der Waals surface area (Å²) in [5.41, 5.74) is 1.20. The number of aliphatic hydroxyl groups is 1. The lowest BCUT2D eigenvalue weighted by molar-refractivity contribution is -0.137. The predicted molar refractivity (Wildman–Crippen MR) is 69.4 cm³/mol. The number of allylic oxidation sites excluding steroid dienone is 1. The van der Waals surface area contributed by atoms with Gasteiger partial charge in [-0.1, -0.05) is 12.2 Å². The molecule has 0 amide bonds. The fourth-order valence-corrected chi connectivity index (χ4v) is 3.17. The molecular formula is C15H20O4. The molecule has 5 atom stereocenters. The third kappa shape index (κ3) is 2.03. The van der Waals surface area contributed by atoms with Crippen LogP contribution < -0.4 is 0 Å². The first kappa shape index (κ1) is 12.9. The number of fused-ring (bicyclic) bond motifs is 2. The lowest BCUT2D eigenvalue weighted by atomic mass is 9.83. The molecule has 104 valence electrons. The number of aliphatic hydroxyl groups excluding tert-OH is 1. The second kappa shape index (κ2) is 4.18. The zero-order valence-electron chi connectivity index (χ0n) is 11.4. The molecule has 0 saturated carbocycles. The average molecular weight is 264 g/mol. The first-order valence-corrected chi connectivity index (χ1v) is 6.85. The van der Waals surface area contributed by atoms with Gasteiger partial charge in [0.25, 0.3) is 0 Å². The smallest absolute Gasteiger partial charge is 0.334 e. The Morgan fingerprint density at radius 3 is 3.00 bits per heavy atom. The Bertz CT molecular complexity index is 467. The minimum Gasteiger partial charge on any atom is -0.454 e. The molecule has 0 aromatic heterocycles. The minimum atomic E-state index is -0.581. The first-order chi connectivity index (χ1) is 8.91. The van der Waals surface area contributed by atoms with E-state index in [0.717, 1.165) is 12.8 Å². The van der Waals surface area contributed by atoms with E-state index in [1.807, 2.05) is 19.9 Å². The number of hydrogen-bond acceptors (Lipinski definition) is 4. The van der Waals surface area contributed by atoms with Crippen LogP contribution in [-0.2, 0) is 14.3 Å². The van der Waals surface area contributed by atoms with Crippen LogP contribution in [-0.4, -0.2) is 35.0 Å². The Balaban J connectivity index is 1.90. The van der Waals surface area contributed by atoms with Gasteiger partial charge in [0.05, 0.1) is 12.2 Å². The van der Waals surface area contributed by atoms with E-state index in [9.17, 15) is 9.90 Å². The molecule has 2 saturated heterocycles. The van der Waals surface area contributed by atoms with E-state index in [1.165, 1.54) is 5.57 Å². The van der Waals surface area contributed by atoms with Gasteiger partial charge in [-0.15, -0.1) is 0 Å². The van der Waals surface area contributed by atoms with Gasteiger partial charge in [-0.2, -0.15) is 0 Å². The van der Waals surface area contributed by atoms with Crippen molar-refractivity contribution in [1.82, 2.24) is 0 Å². The molecule has 0 spiro atoms. The second-order valence-electron chi connectivity index (χ2n) is 6.10. The van der Waals surface area contributed by atoms with Gasteiger partial charge < -0.3 is 14.6 Å². The lowest BCUT2D eigenvalue weighted by Crippen LogP contribution is -2.33. The molecule has 2 fully saturated rings. The topological polar surface area (TPSA) is 59.1 Å². The monoisotopic (exact) mass is 264 g/mol. The van der Waals surface area contributed by atoms with Crippen LogP contribution in [0.1, 0.15) is 33.1 Å². The van der Waals surface area contributed by atoms with E-state index in [4.69, 9.17) is 9.47 Å². The van der Waals surface area contributed by atoms with Crippen molar-refractivity contribution in [2.24, 2.45) is 5.92 Å². The fourth-order valence-electron chi connectivity index (χ4n) is 3.17. The molecule has 0 bridgehead atoms. The van der Waals surface area contributed by atoms with Gasteiger partial charge in [-0.3, -0.25) is 0 Å². The van der Waals surface area contributed by atoms with Gasteiger partial charge >= 0.3 is 5.97 Å². The van der Waals surface area contributed by atoms with E-state index in [-0.39, 0.29) is 24.1 Å². The molecular weight excluding hydrogens is 244 g/mol. The van der Waals surface area contributed by atoms with Crippen LogP contribution in [0.25, 0.3) is 0 Å². The van der Waals surface area contributed by atoms with Crippen LogP contribution in [0.4, 0.5) is 0 Å². The summed E-state index contributed by atoms with van der Waals surface area (Å²) in [5, 5.41) is 10.4. The van der Waals surface area contributed by atoms with Crippen LogP contribution in [0, 0.1) is 5.92 Å². The van der Waals surface area contributed by atoms with Gasteiger partial charge in [0.2, 0.25) is 0 Å². The lowest BCUT2D eigenvalue weighted by Gasteiger charge is -2.23. The third-order valence-electron chi connectivity index (χ3n) is 4.72. The highest BCUT2D eigenvalue weighted by Crippen LogP contribution is 2.46. The SMILES string of the molecule is C=C1C(=O)O[C@@H]2/C=C(\C)CC[C@H]3O[C@@]3(C)[C@@H](O)C[C@@H]12. The van der Waals surface area contributed by atoms with Crippen LogP contribution in [0.3, 0.4) is 0 Å². The Morgan fingerprint density at radius 1 is 1.53 bits per heavy atom. The van der Waals surface area contributed by atoms with Gasteiger partial charge in [-0.05, 0) is 39.2 Å². The van der Waals surface area contributed by atoms with Gasteiger partial charge in [0.15, 0.2) is 0 Å². The minimum absolute atomic E-state index is 0.119. The highest BCUT2D eigenvalue weighted by atomic mass is 16.6. The molecule has 3 rings (SSSR count). The number of ether oxygens (including phenoxy) is 2. The van der Waals surface area contributed by atoms with Crippen molar-refractivity contribution in [3.63, 3.8) is 0 Å². The van der Waals surface area contributed by atoms with E-state index in [2.05, 4.69) is 6.58 Å². The fraction of sp³-hybridized carbons (Fsp3) is 0.667. The summed E-state index contributed by atoms with van der Waals surface area (Å²) < 4.78 is 11.0. The zero-order valence-corrected chi connectivity index (χ0v) is 11.4. The number of carbonyl (C=O) groups is 1. The number of hydrogen-bond donors (Lipinski definition) is 1. The number of esters is 1. The maximum absolute atomic E-state index is 11.7. The van der Waals surface area contributed by atoms with Gasteiger partial charge in [0, 0.05) is 11.5 Å². The maximum Gasteiger partial charge on any atom is 0.334 e. The van der Waals surface area contributed by atoms with E-state index in [1.54, 1.807) is 0 Å². The number of epoxide rings is 1. The molecule has 19 heavy (non-hydrogen) atoms. The molecule has 0 unspecified atom stereocenters. The molecule has 4 nitrogen and oxygen atoms in total. The summed E-state index contributed by atoms with van der Waals surface area (Å²) in [4.78, 5) is 11.7. The molecule has 1 aliphatic carbocycles. The van der Waals surface area contributed by atoms with Crippen LogP contribution in [0.15, 0.2) is 23.8 Å². The zero-order chi connectivity index (χ0) is 13.8. The van der Waals surface area contributed by atoms with Crippen molar-refractivity contribution >= 4 is 5.97 Å². The molecule has 3 aliphatic rings. The van der Waals surface area contributed by atoms with Crippen molar-refractivity contribution in [2.45, 2.75) is 57.0 Å². The third-order valence-corrected chi connectivity index (χ3v) is 4.72. The summed E-state index contributed by atoms with van der Waals surface area (Å²) >= 11 is 0. The van der Waals surface area contributed by atoms with E-state index in [0.29, 0.717) is 12.0 Å². The van der Waals surface area contributed by atoms with Gasteiger partial charge in [0.1, 0.15) is 11.7 Å². The standard InChI is InChI=1S/C15H20O4/c1-8-4-5-13-15(3,19-13)12(16)7-10-9(2)14(17)18-11(10)6-8/h6,10-13,16H,2,4-5,7H2,1,3H3/b8-6+/t10-,11+,12-,13+,15-/m0/s1. The largest absolute Gasteiger partial charge is 0.454 e. The molecule has 0 radical (unpaired) electrons. The predicted octanol–water partition coefficient (Wildman–Crippen LogP) is 1.73. The summed E-state index contributed by atoms with van der Waals surface area (Å²) in [7, 11) is 0. The Labute approximate surface area is 113 Å². The number of carbonyl (C=O) groups excluding carboxylic acids is 1. The van der Waals surface area contributed by atoms with Crippen molar-refractivity contribution in [2.75, 3.05) is 0 Å². The highest BCUT2D eigenvalue weighted by Gasteiger charge is 2.58. The summed E-state index contributed by atoms with van der Waals surface area (Å²) in [5.74, 6) is -0.485. The first-order valence-electron chi connectivity index (χ1n) is 6.85. The quantitative estimate of drug-likeness (QED) is 0.313. The average Bonchev–Trinajstić information content (AvgIpc) is 2.96. The Kier molecular flexibility index (Phi) is 2.84. The molecule has 0 aromatic rings. The summed E-state index contributed by atoms with van der Waals surface area (Å²) in [6, 6.07) is 0. The van der Waals surface area contributed by atoms with Crippen LogP contribution in [0.5, 0.6) is 0 Å². The van der Waals surface area contributed by atoms with E-state index >= 15 is 0 Å². The van der Waals surface area contributed by atoms with Crippen molar-refractivity contribution in [3.8, 4) is 0 Å². The summed E-state index contributed by atoms with van der Waals surface area (Å²) in [6.07, 6.45) is 3.53. The van der Waals surface area contributed by atoms with Crippen molar-refractivity contribution in [3.05, 3.63) is 23.8 Å². The Hall–Kier alpha value is -1.13. The van der Waals surface area contributed by atoms with Gasteiger partial charge in [-0.25, -0.2) is 4.79 Å². The van der Waals surface area contributed by atoms with Crippen LogP contribution >= 0.6 is 0 Å². The highest BCUT2D eigenvalue weighted by molar-refractivity contribution is 5.91. The maximum atomic E-state index is 11.7. The van der Waals surface area contributed by atoms with E-state index < -0.39 is 11.7 Å². The van der Waals surface area contributed by atoms with Crippen molar-refractivity contribution in [1.29, 1.82) is 0 Å².